The summed E-state index contributed by atoms with van der Waals surface area (Å²) >= 11 is 11.0. The van der Waals surface area contributed by atoms with Crippen LogP contribution in [0.3, 0.4) is 0 Å². The van der Waals surface area contributed by atoms with Gasteiger partial charge in [0.2, 0.25) is 0 Å². The number of benzene rings is 1. The summed E-state index contributed by atoms with van der Waals surface area (Å²) in [6.07, 6.45) is 12.4. The maximum atomic E-state index is 12.0. The summed E-state index contributed by atoms with van der Waals surface area (Å²) in [5, 5.41) is 0. The van der Waals surface area contributed by atoms with Gasteiger partial charge in [-0.05, 0) is 30.7 Å². The molecular formula is C22H32Cl2O4. The fourth-order valence-corrected chi connectivity index (χ4v) is 2.93. The van der Waals surface area contributed by atoms with E-state index in [1.54, 1.807) is 12.1 Å². The molecule has 0 aliphatic heterocycles. The van der Waals surface area contributed by atoms with Crippen LogP contribution in [-0.2, 0) is 9.47 Å². The van der Waals surface area contributed by atoms with E-state index in [1.165, 1.54) is 63.5 Å². The lowest BCUT2D eigenvalue weighted by Gasteiger charge is -2.07. The zero-order valence-electron chi connectivity index (χ0n) is 16.8. The SMILES string of the molecule is CCCCCCCCCCCCOC(=O)c1ccc(C(=O)OCC(Cl)Cl)cc1. The maximum absolute atomic E-state index is 12.0. The Balaban J connectivity index is 2.13. The first-order chi connectivity index (χ1) is 13.5. The van der Waals surface area contributed by atoms with Gasteiger partial charge in [0.15, 0.2) is 0 Å². The Kier molecular flexibility index (Phi) is 13.8. The molecule has 0 amide bonds. The van der Waals surface area contributed by atoms with Gasteiger partial charge in [0.1, 0.15) is 11.4 Å². The molecule has 4 nitrogen and oxygen atoms in total. The molecule has 1 aromatic rings. The molecule has 0 aliphatic rings. The van der Waals surface area contributed by atoms with E-state index in [9.17, 15) is 9.59 Å². The standard InChI is InChI=1S/C22H32Cl2O4/c1-2-3-4-5-6-7-8-9-10-11-16-27-21(25)18-12-14-19(15-13-18)22(26)28-17-20(23)24/h12-15,20H,2-11,16-17H2,1H3. The summed E-state index contributed by atoms with van der Waals surface area (Å²) in [7, 11) is 0. The summed E-state index contributed by atoms with van der Waals surface area (Å²) in [4.78, 5) is 23.0. The lowest BCUT2D eigenvalue weighted by atomic mass is 10.1. The van der Waals surface area contributed by atoms with Crippen molar-refractivity contribution in [1.82, 2.24) is 0 Å². The molecule has 0 saturated heterocycles. The van der Waals surface area contributed by atoms with E-state index in [0.29, 0.717) is 17.7 Å². The second kappa shape index (κ2) is 15.6. The second-order valence-corrected chi connectivity index (χ2v) is 8.16. The van der Waals surface area contributed by atoms with Crippen LogP contribution in [0.1, 0.15) is 91.8 Å². The van der Waals surface area contributed by atoms with E-state index < -0.39 is 10.8 Å². The fraction of sp³-hybridized carbons (Fsp3) is 0.636. The summed E-state index contributed by atoms with van der Waals surface area (Å²) in [6.45, 7) is 2.58. The highest BCUT2D eigenvalue weighted by Gasteiger charge is 2.12. The van der Waals surface area contributed by atoms with Crippen molar-refractivity contribution < 1.29 is 19.1 Å². The number of rotatable bonds is 15. The van der Waals surface area contributed by atoms with Crippen molar-refractivity contribution in [2.75, 3.05) is 13.2 Å². The Hall–Kier alpha value is -1.26. The number of esters is 2. The van der Waals surface area contributed by atoms with Crippen molar-refractivity contribution in [3.8, 4) is 0 Å². The minimum atomic E-state index is -0.760. The Morgan fingerprint density at radius 2 is 1.18 bits per heavy atom. The zero-order valence-corrected chi connectivity index (χ0v) is 18.3. The van der Waals surface area contributed by atoms with Crippen molar-refractivity contribution in [2.45, 2.75) is 76.0 Å². The topological polar surface area (TPSA) is 52.6 Å². The molecule has 0 heterocycles. The highest BCUT2D eigenvalue weighted by molar-refractivity contribution is 6.44. The number of alkyl halides is 2. The molecule has 1 rings (SSSR count). The predicted molar refractivity (Wildman–Crippen MR) is 114 cm³/mol. The number of halogens is 2. The van der Waals surface area contributed by atoms with E-state index in [2.05, 4.69) is 6.92 Å². The van der Waals surface area contributed by atoms with Crippen molar-refractivity contribution in [1.29, 1.82) is 0 Å². The Morgan fingerprint density at radius 3 is 1.64 bits per heavy atom. The monoisotopic (exact) mass is 430 g/mol. The van der Waals surface area contributed by atoms with Gasteiger partial charge in [0, 0.05) is 0 Å². The number of hydrogen-bond donors (Lipinski definition) is 0. The molecule has 158 valence electrons. The van der Waals surface area contributed by atoms with Crippen LogP contribution in [0.25, 0.3) is 0 Å². The number of ether oxygens (including phenoxy) is 2. The third-order valence-corrected chi connectivity index (χ3v) is 4.68. The Labute approximate surface area is 178 Å². The zero-order chi connectivity index (χ0) is 20.6. The minimum Gasteiger partial charge on any atom is -0.462 e. The van der Waals surface area contributed by atoms with Gasteiger partial charge in [-0.25, -0.2) is 9.59 Å². The first-order valence-corrected chi connectivity index (χ1v) is 11.1. The third-order valence-electron chi connectivity index (χ3n) is 4.43. The predicted octanol–water partition coefficient (Wildman–Crippen LogP) is 6.72. The smallest absolute Gasteiger partial charge is 0.338 e. The van der Waals surface area contributed by atoms with Gasteiger partial charge in [-0.15, -0.1) is 23.2 Å². The molecule has 0 bridgehead atoms. The van der Waals surface area contributed by atoms with Crippen LogP contribution in [0.2, 0.25) is 0 Å². The first kappa shape index (κ1) is 24.8. The quantitative estimate of drug-likeness (QED) is 0.176. The second-order valence-electron chi connectivity index (χ2n) is 6.88. The van der Waals surface area contributed by atoms with Crippen LogP contribution in [0.4, 0.5) is 0 Å². The molecule has 0 fully saturated rings. The first-order valence-electron chi connectivity index (χ1n) is 10.3. The van der Waals surface area contributed by atoms with Crippen LogP contribution in [-0.4, -0.2) is 30.0 Å². The average Bonchev–Trinajstić information content (AvgIpc) is 2.70. The molecule has 0 aromatic heterocycles. The molecular weight excluding hydrogens is 399 g/mol. The summed E-state index contributed by atoms with van der Waals surface area (Å²) in [5.41, 5.74) is 0.747. The highest BCUT2D eigenvalue weighted by Crippen LogP contribution is 2.12. The minimum absolute atomic E-state index is 0.0788. The van der Waals surface area contributed by atoms with E-state index in [4.69, 9.17) is 32.7 Å². The molecule has 0 aliphatic carbocycles. The van der Waals surface area contributed by atoms with Gasteiger partial charge < -0.3 is 9.47 Å². The van der Waals surface area contributed by atoms with Crippen LogP contribution in [0.15, 0.2) is 24.3 Å². The van der Waals surface area contributed by atoms with Gasteiger partial charge >= 0.3 is 11.9 Å². The molecule has 0 radical (unpaired) electrons. The largest absolute Gasteiger partial charge is 0.462 e. The molecule has 0 unspecified atom stereocenters. The van der Waals surface area contributed by atoms with Crippen molar-refractivity contribution in [3.05, 3.63) is 35.4 Å². The van der Waals surface area contributed by atoms with Crippen LogP contribution >= 0.6 is 23.2 Å². The van der Waals surface area contributed by atoms with Gasteiger partial charge in [0.05, 0.1) is 17.7 Å². The van der Waals surface area contributed by atoms with Gasteiger partial charge in [-0.3, -0.25) is 0 Å². The highest BCUT2D eigenvalue weighted by atomic mass is 35.5. The molecule has 0 spiro atoms. The van der Waals surface area contributed by atoms with Crippen LogP contribution in [0.5, 0.6) is 0 Å². The fourth-order valence-electron chi connectivity index (χ4n) is 2.80. The van der Waals surface area contributed by atoms with E-state index in [1.807, 2.05) is 0 Å². The van der Waals surface area contributed by atoms with E-state index in [0.717, 1.165) is 12.8 Å². The lowest BCUT2D eigenvalue weighted by molar-refractivity contribution is 0.0490. The van der Waals surface area contributed by atoms with Gasteiger partial charge in [-0.2, -0.15) is 0 Å². The number of carbonyl (C=O) groups is 2. The summed E-state index contributed by atoms with van der Waals surface area (Å²) < 4.78 is 10.2. The molecule has 1 aromatic carbocycles. The van der Waals surface area contributed by atoms with Crippen molar-refractivity contribution in [2.24, 2.45) is 0 Å². The Morgan fingerprint density at radius 1 is 0.750 bits per heavy atom. The van der Waals surface area contributed by atoms with E-state index >= 15 is 0 Å². The third kappa shape index (κ3) is 11.6. The normalized spacial score (nSPS) is 10.9. The molecule has 28 heavy (non-hydrogen) atoms. The van der Waals surface area contributed by atoms with Crippen LogP contribution < -0.4 is 0 Å². The van der Waals surface area contributed by atoms with Crippen molar-refractivity contribution >= 4 is 35.1 Å². The Bertz CT molecular complexity index is 558. The molecule has 0 atom stereocenters. The number of hydrogen-bond acceptors (Lipinski definition) is 4. The summed E-state index contributed by atoms with van der Waals surface area (Å²) in [5.74, 6) is -0.908. The number of carbonyl (C=O) groups excluding carboxylic acids is 2. The van der Waals surface area contributed by atoms with Gasteiger partial charge in [0.25, 0.3) is 0 Å². The maximum Gasteiger partial charge on any atom is 0.338 e. The molecule has 0 N–H and O–H groups in total. The van der Waals surface area contributed by atoms with E-state index in [-0.39, 0.29) is 12.6 Å². The average molecular weight is 431 g/mol. The molecule has 6 heteroatoms. The van der Waals surface area contributed by atoms with Crippen molar-refractivity contribution in [3.63, 3.8) is 0 Å². The molecule has 0 saturated carbocycles. The van der Waals surface area contributed by atoms with Crippen LogP contribution in [0, 0.1) is 0 Å². The summed E-state index contributed by atoms with van der Waals surface area (Å²) in [6, 6.07) is 6.15. The van der Waals surface area contributed by atoms with Gasteiger partial charge in [-0.1, -0.05) is 64.7 Å². The number of unbranched alkanes of at least 4 members (excludes halogenated alkanes) is 9. The lowest BCUT2D eigenvalue weighted by Crippen LogP contribution is -2.11.